The lowest BCUT2D eigenvalue weighted by Crippen LogP contribution is -2.42. The molecule has 1 aliphatic rings. The molecule has 6 nitrogen and oxygen atoms in total. The molecule has 1 N–H and O–H groups in total. The van der Waals surface area contributed by atoms with Gasteiger partial charge >= 0.3 is 0 Å². The van der Waals surface area contributed by atoms with Crippen LogP contribution >= 0.6 is 11.6 Å². The minimum absolute atomic E-state index is 0.00976. The Morgan fingerprint density at radius 2 is 1.68 bits per heavy atom. The largest absolute Gasteiger partial charge is 0.361 e. The average molecular weight is 394 g/mol. The van der Waals surface area contributed by atoms with Crippen LogP contribution in [0.2, 0.25) is 5.02 Å². The molecule has 1 unspecified atom stereocenters. The van der Waals surface area contributed by atoms with E-state index in [2.05, 4.69) is 5.32 Å². The van der Waals surface area contributed by atoms with E-state index < -0.39 is 11.1 Å². The Morgan fingerprint density at radius 3 is 2.36 bits per heavy atom. The first-order valence-electron chi connectivity index (χ1n) is 8.68. The molecular formula is C21H16ClN3O3. The molecule has 7 heteroatoms. The molecule has 3 aromatic carbocycles. The number of nitrogens with one attached hydrogen (secondary N) is 1. The topological polar surface area (TPSA) is 75.5 Å². The van der Waals surface area contributed by atoms with Crippen molar-refractivity contribution in [3.05, 3.63) is 105 Å². The molecule has 1 heterocycles. The molecule has 1 amide bonds. The number of nitrogens with zero attached hydrogens (tertiary/aromatic N) is 2. The zero-order valence-corrected chi connectivity index (χ0v) is 15.5. The van der Waals surface area contributed by atoms with E-state index in [4.69, 9.17) is 11.6 Å². The highest BCUT2D eigenvalue weighted by molar-refractivity contribution is 6.30. The predicted molar refractivity (Wildman–Crippen MR) is 107 cm³/mol. The zero-order valence-electron chi connectivity index (χ0n) is 14.7. The number of para-hydroxylation sites is 1. The Labute approximate surface area is 166 Å². The highest BCUT2D eigenvalue weighted by atomic mass is 35.5. The van der Waals surface area contributed by atoms with Gasteiger partial charge in [0.05, 0.1) is 10.5 Å². The summed E-state index contributed by atoms with van der Waals surface area (Å²) >= 11 is 5.97. The van der Waals surface area contributed by atoms with Crippen LogP contribution in [0.1, 0.15) is 27.7 Å². The number of amides is 1. The fourth-order valence-electron chi connectivity index (χ4n) is 3.28. The summed E-state index contributed by atoms with van der Waals surface area (Å²) in [6.45, 7) is 0.374. The van der Waals surface area contributed by atoms with Crippen LogP contribution in [0, 0.1) is 10.1 Å². The summed E-state index contributed by atoms with van der Waals surface area (Å²) in [6, 6.07) is 20.9. The van der Waals surface area contributed by atoms with Gasteiger partial charge < -0.3 is 10.2 Å². The van der Waals surface area contributed by atoms with Crippen molar-refractivity contribution >= 4 is 28.9 Å². The van der Waals surface area contributed by atoms with Gasteiger partial charge in [-0.3, -0.25) is 14.9 Å². The van der Waals surface area contributed by atoms with Crippen molar-refractivity contribution in [3.63, 3.8) is 0 Å². The molecule has 4 rings (SSSR count). The summed E-state index contributed by atoms with van der Waals surface area (Å²) in [7, 11) is 0. The lowest BCUT2D eigenvalue weighted by atomic mass is 10.0. The molecule has 3 aromatic rings. The highest BCUT2D eigenvalue weighted by Gasteiger charge is 2.33. The van der Waals surface area contributed by atoms with E-state index in [-0.39, 0.29) is 11.6 Å². The van der Waals surface area contributed by atoms with Gasteiger partial charge in [-0.05, 0) is 47.5 Å². The normalized spacial score (nSPS) is 15.7. The van der Waals surface area contributed by atoms with Crippen LogP contribution in [0.5, 0.6) is 0 Å². The minimum Gasteiger partial charge on any atom is -0.361 e. The number of hydrogen-bond donors (Lipinski definition) is 1. The first-order chi connectivity index (χ1) is 13.5. The summed E-state index contributed by atoms with van der Waals surface area (Å²) < 4.78 is 0. The summed E-state index contributed by atoms with van der Waals surface area (Å²) in [6.07, 6.45) is -0.445. The van der Waals surface area contributed by atoms with Crippen molar-refractivity contribution in [3.8, 4) is 0 Å². The SMILES string of the molecule is O=C1c2ccccc2NC(c2ccc([N+](=O)[O-])cc2)N1Cc1ccc(Cl)cc1. The first kappa shape index (κ1) is 18.0. The van der Waals surface area contributed by atoms with Gasteiger partial charge in [0.2, 0.25) is 0 Å². The Morgan fingerprint density at radius 1 is 1.00 bits per heavy atom. The Bertz CT molecular complexity index is 1040. The van der Waals surface area contributed by atoms with E-state index in [1.165, 1.54) is 12.1 Å². The standard InChI is InChI=1S/C21H16ClN3O3/c22-16-9-5-14(6-10-16)13-24-20(15-7-11-17(12-8-15)25(27)28)23-19-4-2-1-3-18(19)21(24)26/h1-12,20,23H,13H2. The van der Waals surface area contributed by atoms with E-state index in [9.17, 15) is 14.9 Å². The van der Waals surface area contributed by atoms with Crippen molar-refractivity contribution in [2.24, 2.45) is 0 Å². The number of nitro groups is 1. The van der Waals surface area contributed by atoms with E-state index in [1.54, 1.807) is 35.2 Å². The quantitative estimate of drug-likeness (QED) is 0.499. The number of carbonyl (C=O) groups excluding carboxylic acids is 1. The second-order valence-electron chi connectivity index (χ2n) is 6.50. The van der Waals surface area contributed by atoms with Crippen LogP contribution < -0.4 is 5.32 Å². The molecule has 1 aliphatic heterocycles. The van der Waals surface area contributed by atoms with Crippen LogP contribution in [-0.4, -0.2) is 15.7 Å². The summed E-state index contributed by atoms with van der Waals surface area (Å²) in [4.78, 5) is 25.4. The van der Waals surface area contributed by atoms with Gasteiger partial charge in [-0.15, -0.1) is 0 Å². The fourth-order valence-corrected chi connectivity index (χ4v) is 3.41. The second-order valence-corrected chi connectivity index (χ2v) is 6.94. The number of non-ortho nitro benzene ring substituents is 1. The van der Waals surface area contributed by atoms with Gasteiger partial charge in [0, 0.05) is 29.4 Å². The first-order valence-corrected chi connectivity index (χ1v) is 9.06. The molecule has 0 radical (unpaired) electrons. The maximum Gasteiger partial charge on any atom is 0.269 e. The number of rotatable bonds is 4. The third-order valence-corrected chi connectivity index (χ3v) is 4.96. The van der Waals surface area contributed by atoms with Gasteiger partial charge in [-0.1, -0.05) is 35.9 Å². The van der Waals surface area contributed by atoms with Crippen molar-refractivity contribution in [2.45, 2.75) is 12.7 Å². The van der Waals surface area contributed by atoms with E-state index in [0.29, 0.717) is 17.1 Å². The number of nitro benzene ring substituents is 1. The molecule has 28 heavy (non-hydrogen) atoms. The summed E-state index contributed by atoms with van der Waals surface area (Å²) in [5, 5.41) is 15.0. The molecule has 0 aromatic heterocycles. The molecule has 0 saturated carbocycles. The van der Waals surface area contributed by atoms with Crippen LogP contribution in [-0.2, 0) is 6.54 Å². The number of anilines is 1. The van der Waals surface area contributed by atoms with E-state index in [0.717, 1.165) is 16.8 Å². The summed E-state index contributed by atoms with van der Waals surface area (Å²) in [5.74, 6) is -0.104. The minimum atomic E-state index is -0.445. The van der Waals surface area contributed by atoms with Crippen molar-refractivity contribution in [2.75, 3.05) is 5.32 Å². The van der Waals surface area contributed by atoms with Crippen LogP contribution in [0.4, 0.5) is 11.4 Å². The third kappa shape index (κ3) is 3.42. The van der Waals surface area contributed by atoms with Crippen LogP contribution in [0.3, 0.4) is 0 Å². The third-order valence-electron chi connectivity index (χ3n) is 4.71. The predicted octanol–water partition coefficient (Wildman–Crippen LogP) is 5.01. The van der Waals surface area contributed by atoms with Gasteiger partial charge in [0.1, 0.15) is 6.17 Å². The van der Waals surface area contributed by atoms with Gasteiger partial charge in [0.25, 0.3) is 11.6 Å². The maximum absolute atomic E-state index is 13.2. The summed E-state index contributed by atoms with van der Waals surface area (Å²) in [5.41, 5.74) is 3.04. The molecule has 0 bridgehead atoms. The number of halogens is 1. The van der Waals surface area contributed by atoms with Crippen molar-refractivity contribution in [1.29, 1.82) is 0 Å². The molecule has 1 atom stereocenters. The Kier molecular flexibility index (Phi) is 4.71. The van der Waals surface area contributed by atoms with Gasteiger partial charge in [-0.2, -0.15) is 0 Å². The molecule has 0 spiro atoms. The maximum atomic E-state index is 13.2. The number of hydrogen-bond acceptors (Lipinski definition) is 4. The van der Waals surface area contributed by atoms with Crippen LogP contribution in [0.15, 0.2) is 72.8 Å². The molecule has 140 valence electrons. The molecular weight excluding hydrogens is 378 g/mol. The highest BCUT2D eigenvalue weighted by Crippen LogP contribution is 2.34. The molecule has 0 fully saturated rings. The Hall–Kier alpha value is -3.38. The van der Waals surface area contributed by atoms with E-state index in [1.807, 2.05) is 30.3 Å². The van der Waals surface area contributed by atoms with E-state index >= 15 is 0 Å². The number of fused-ring (bicyclic) bond motifs is 1. The Balaban J connectivity index is 1.73. The lowest BCUT2D eigenvalue weighted by molar-refractivity contribution is -0.384. The zero-order chi connectivity index (χ0) is 19.7. The van der Waals surface area contributed by atoms with Crippen molar-refractivity contribution in [1.82, 2.24) is 4.90 Å². The monoisotopic (exact) mass is 393 g/mol. The average Bonchev–Trinajstić information content (AvgIpc) is 2.71. The second kappa shape index (κ2) is 7.32. The van der Waals surface area contributed by atoms with Gasteiger partial charge in [0.15, 0.2) is 0 Å². The van der Waals surface area contributed by atoms with Gasteiger partial charge in [-0.25, -0.2) is 0 Å². The fraction of sp³-hybridized carbons (Fsp3) is 0.0952. The molecule has 0 aliphatic carbocycles. The number of benzene rings is 3. The molecule has 0 saturated heterocycles. The lowest BCUT2D eigenvalue weighted by Gasteiger charge is -2.38. The smallest absolute Gasteiger partial charge is 0.269 e. The number of carbonyl (C=O) groups is 1. The van der Waals surface area contributed by atoms with Crippen molar-refractivity contribution < 1.29 is 9.72 Å². The van der Waals surface area contributed by atoms with Crippen LogP contribution in [0.25, 0.3) is 0 Å².